The molecule has 2 aromatic carbocycles. The highest BCUT2D eigenvalue weighted by atomic mass is 35.5. The van der Waals surface area contributed by atoms with Crippen LogP contribution in [-0.4, -0.2) is 51.5 Å². The van der Waals surface area contributed by atoms with Crippen LogP contribution in [0.3, 0.4) is 0 Å². The van der Waals surface area contributed by atoms with Crippen molar-refractivity contribution in [2.45, 2.75) is 83.6 Å². The first-order valence-corrected chi connectivity index (χ1v) is 16.6. The molecular weight excluding hydrogens is 570 g/mol. The molecule has 3 aliphatic rings. The second kappa shape index (κ2) is 13.4. The molecule has 1 saturated carbocycles. The van der Waals surface area contributed by atoms with Gasteiger partial charge in [-0.05, 0) is 86.6 Å². The highest BCUT2D eigenvalue weighted by Crippen LogP contribution is 2.39. The van der Waals surface area contributed by atoms with Gasteiger partial charge in [-0.3, -0.25) is 9.78 Å². The van der Waals surface area contributed by atoms with Crippen molar-refractivity contribution in [2.75, 3.05) is 19.6 Å². The van der Waals surface area contributed by atoms with Crippen LogP contribution in [0.25, 0.3) is 5.57 Å². The third-order valence-electron chi connectivity index (χ3n) is 9.51. The number of aromatic nitrogens is 1. The monoisotopic (exact) mass is 613 g/mol. The Morgan fingerprint density at radius 3 is 2.66 bits per heavy atom. The summed E-state index contributed by atoms with van der Waals surface area (Å²) in [7, 11) is 0. The molecule has 1 saturated heterocycles. The average Bonchev–Trinajstić information content (AvgIpc) is 3.44. The number of fused-ring (bicyclic) bond motifs is 2. The number of nitrogens with zero attached hydrogens (tertiary/aromatic N) is 3. The van der Waals surface area contributed by atoms with E-state index in [2.05, 4.69) is 33.0 Å². The number of ether oxygens (including phenoxy) is 1. The van der Waals surface area contributed by atoms with Crippen LogP contribution >= 0.6 is 11.6 Å². The predicted molar refractivity (Wildman–Crippen MR) is 175 cm³/mol. The SMILES string of the molecule is CC(C)(O)c1ccc2c(c1)C(=CCCN1CCC(N(Cc3ccc(Cl)cc3)C(=O)C3CCCCC3)C1)c1cccnc1CO2. The van der Waals surface area contributed by atoms with Crippen LogP contribution in [0.5, 0.6) is 5.75 Å². The van der Waals surface area contributed by atoms with Gasteiger partial charge < -0.3 is 19.6 Å². The first-order valence-electron chi connectivity index (χ1n) is 16.2. The van der Waals surface area contributed by atoms with Crippen molar-refractivity contribution in [3.05, 3.63) is 99.8 Å². The summed E-state index contributed by atoms with van der Waals surface area (Å²) in [5.74, 6) is 1.28. The summed E-state index contributed by atoms with van der Waals surface area (Å²) < 4.78 is 6.18. The van der Waals surface area contributed by atoms with Crippen LogP contribution in [-0.2, 0) is 23.5 Å². The lowest BCUT2D eigenvalue weighted by Gasteiger charge is -2.34. The van der Waals surface area contributed by atoms with E-state index in [9.17, 15) is 9.90 Å². The standard InChI is InChI=1S/C37H44ClN3O3/c1-37(2,43)28-14-17-35-33(22-28)31(32-10-6-19-39-34(32)25-44-35)11-7-20-40-21-18-30(24-40)41(23-26-12-15-29(38)16-13-26)36(42)27-8-4-3-5-9-27/h6,10-17,19,22,27,30,43H,3-5,7-9,18,20-21,23-25H2,1-2H3. The minimum atomic E-state index is -0.957. The molecule has 1 aromatic heterocycles. The van der Waals surface area contributed by atoms with E-state index in [0.717, 1.165) is 102 Å². The fourth-order valence-corrected chi connectivity index (χ4v) is 7.10. The number of hydrogen-bond acceptors (Lipinski definition) is 5. The average molecular weight is 614 g/mol. The number of hydrogen-bond donors (Lipinski definition) is 1. The van der Waals surface area contributed by atoms with Crippen molar-refractivity contribution < 1.29 is 14.6 Å². The molecular formula is C37H44ClN3O3. The Kier molecular flexibility index (Phi) is 9.41. The van der Waals surface area contributed by atoms with Gasteiger partial charge in [0.15, 0.2) is 0 Å². The molecule has 44 heavy (non-hydrogen) atoms. The Labute approximate surface area is 266 Å². The van der Waals surface area contributed by atoms with Gasteiger partial charge in [0, 0.05) is 60.5 Å². The number of likely N-dealkylation sites (tertiary alicyclic amines) is 1. The van der Waals surface area contributed by atoms with Gasteiger partial charge >= 0.3 is 0 Å². The first kappa shape index (κ1) is 30.8. The molecule has 1 unspecified atom stereocenters. The van der Waals surface area contributed by atoms with Crippen LogP contribution in [0.15, 0.2) is 66.9 Å². The Morgan fingerprint density at radius 2 is 1.89 bits per heavy atom. The number of carbonyl (C=O) groups is 1. The quantitative estimate of drug-likeness (QED) is 0.288. The van der Waals surface area contributed by atoms with Gasteiger partial charge in [-0.1, -0.05) is 61.2 Å². The van der Waals surface area contributed by atoms with Gasteiger partial charge in [0.1, 0.15) is 12.4 Å². The van der Waals surface area contributed by atoms with Crippen molar-refractivity contribution in [1.82, 2.24) is 14.8 Å². The molecule has 0 radical (unpaired) electrons. The lowest BCUT2D eigenvalue weighted by Crippen LogP contribution is -2.45. The van der Waals surface area contributed by atoms with Gasteiger partial charge in [0.25, 0.3) is 0 Å². The lowest BCUT2D eigenvalue weighted by molar-refractivity contribution is -0.139. The molecule has 6 rings (SSSR count). The van der Waals surface area contributed by atoms with Crippen LogP contribution < -0.4 is 4.74 Å². The summed E-state index contributed by atoms with van der Waals surface area (Å²) in [6.07, 6.45) is 11.5. The molecule has 7 heteroatoms. The van der Waals surface area contributed by atoms with Crippen LogP contribution in [0.1, 0.15) is 86.7 Å². The van der Waals surface area contributed by atoms with E-state index in [-0.39, 0.29) is 12.0 Å². The van der Waals surface area contributed by atoms with E-state index in [0.29, 0.717) is 19.1 Å². The third-order valence-corrected chi connectivity index (χ3v) is 9.76. The summed E-state index contributed by atoms with van der Waals surface area (Å²) >= 11 is 6.16. The summed E-state index contributed by atoms with van der Waals surface area (Å²) in [4.78, 5) is 23.2. The molecule has 0 bridgehead atoms. The fourth-order valence-electron chi connectivity index (χ4n) is 6.97. The van der Waals surface area contributed by atoms with Crippen LogP contribution in [0, 0.1) is 5.92 Å². The smallest absolute Gasteiger partial charge is 0.226 e. The number of carbonyl (C=O) groups excluding carboxylic acids is 1. The van der Waals surface area contributed by atoms with Gasteiger partial charge in [-0.2, -0.15) is 0 Å². The minimum absolute atomic E-state index is 0.148. The van der Waals surface area contributed by atoms with Gasteiger partial charge in [0.2, 0.25) is 5.91 Å². The van der Waals surface area contributed by atoms with Crippen molar-refractivity contribution in [3.8, 4) is 5.75 Å². The van der Waals surface area contributed by atoms with E-state index < -0.39 is 5.60 Å². The number of benzene rings is 2. The topological polar surface area (TPSA) is 65.9 Å². The van der Waals surface area contributed by atoms with Crippen molar-refractivity contribution >= 4 is 23.1 Å². The summed E-state index contributed by atoms with van der Waals surface area (Å²) in [6.45, 7) is 7.44. The number of pyridine rings is 1. The van der Waals surface area contributed by atoms with Gasteiger partial charge in [0.05, 0.1) is 11.3 Å². The molecule has 3 heterocycles. The Bertz CT molecular complexity index is 1490. The van der Waals surface area contributed by atoms with E-state index in [1.807, 2.05) is 62.5 Å². The highest BCUT2D eigenvalue weighted by Gasteiger charge is 2.34. The van der Waals surface area contributed by atoms with E-state index in [1.54, 1.807) is 0 Å². The third kappa shape index (κ3) is 7.03. The maximum atomic E-state index is 13.9. The molecule has 2 fully saturated rings. The van der Waals surface area contributed by atoms with Gasteiger partial charge in [-0.25, -0.2) is 0 Å². The van der Waals surface area contributed by atoms with E-state index in [4.69, 9.17) is 16.3 Å². The molecule has 1 amide bonds. The van der Waals surface area contributed by atoms with Crippen molar-refractivity contribution in [3.63, 3.8) is 0 Å². The molecule has 1 N–H and O–H groups in total. The summed E-state index contributed by atoms with van der Waals surface area (Å²) in [5.41, 5.74) is 5.10. The lowest BCUT2D eigenvalue weighted by atomic mass is 9.87. The number of halogens is 1. The summed E-state index contributed by atoms with van der Waals surface area (Å²) in [5, 5.41) is 11.5. The highest BCUT2D eigenvalue weighted by molar-refractivity contribution is 6.30. The van der Waals surface area contributed by atoms with Crippen molar-refractivity contribution in [1.29, 1.82) is 0 Å². The second-order valence-corrected chi connectivity index (χ2v) is 13.6. The Balaban J connectivity index is 1.19. The fraction of sp³-hybridized carbons (Fsp3) is 0.459. The molecule has 1 atom stereocenters. The zero-order valence-corrected chi connectivity index (χ0v) is 26.7. The minimum Gasteiger partial charge on any atom is -0.487 e. The largest absolute Gasteiger partial charge is 0.487 e. The first-order chi connectivity index (χ1) is 21.3. The number of rotatable bonds is 8. The molecule has 232 valence electrons. The molecule has 1 aliphatic carbocycles. The number of amides is 1. The molecule has 3 aromatic rings. The van der Waals surface area contributed by atoms with Crippen molar-refractivity contribution in [2.24, 2.45) is 5.92 Å². The normalized spacial score (nSPS) is 20.1. The molecule has 2 aliphatic heterocycles. The van der Waals surface area contributed by atoms with Crippen LogP contribution in [0.4, 0.5) is 0 Å². The maximum Gasteiger partial charge on any atom is 0.226 e. The second-order valence-electron chi connectivity index (χ2n) is 13.1. The Hall–Kier alpha value is -3.19. The molecule has 6 nitrogen and oxygen atoms in total. The van der Waals surface area contributed by atoms with E-state index >= 15 is 0 Å². The Morgan fingerprint density at radius 1 is 1.09 bits per heavy atom. The van der Waals surface area contributed by atoms with Crippen LogP contribution in [0.2, 0.25) is 5.02 Å². The predicted octanol–water partition coefficient (Wildman–Crippen LogP) is 7.36. The number of aliphatic hydroxyl groups is 1. The zero-order chi connectivity index (χ0) is 30.7. The zero-order valence-electron chi connectivity index (χ0n) is 26.0. The summed E-state index contributed by atoms with van der Waals surface area (Å²) in [6, 6.07) is 18.2. The van der Waals surface area contributed by atoms with Gasteiger partial charge in [-0.15, -0.1) is 0 Å². The maximum absolute atomic E-state index is 13.9. The van der Waals surface area contributed by atoms with E-state index in [1.165, 1.54) is 6.42 Å². The molecule has 0 spiro atoms.